The highest BCUT2D eigenvalue weighted by Gasteiger charge is 2.31. The molecule has 0 amide bonds. The number of aromatic nitrogens is 2. The number of nitrogens with two attached hydrogens (primary N) is 1. The second-order valence-electron chi connectivity index (χ2n) is 6.43. The van der Waals surface area contributed by atoms with E-state index in [1.165, 1.54) is 6.92 Å². The van der Waals surface area contributed by atoms with Gasteiger partial charge in [-0.1, -0.05) is 60.7 Å². The van der Waals surface area contributed by atoms with Crippen LogP contribution in [0.3, 0.4) is 0 Å². The molecule has 0 aliphatic rings. The molecule has 0 saturated carbocycles. The van der Waals surface area contributed by atoms with E-state index in [1.807, 2.05) is 67.6 Å². The van der Waals surface area contributed by atoms with Gasteiger partial charge in [0.05, 0.1) is 5.54 Å². The number of hydrogen-bond donors (Lipinski definition) is 1. The van der Waals surface area contributed by atoms with Gasteiger partial charge < -0.3 is 14.9 Å². The van der Waals surface area contributed by atoms with Crippen LogP contribution in [0.25, 0.3) is 0 Å². The summed E-state index contributed by atoms with van der Waals surface area (Å²) in [7, 11) is 0. The molecule has 26 heavy (non-hydrogen) atoms. The summed E-state index contributed by atoms with van der Waals surface area (Å²) in [4.78, 5) is 11.5. The Balaban J connectivity index is 1.87. The van der Waals surface area contributed by atoms with Crippen LogP contribution in [-0.4, -0.2) is 16.2 Å². The molecule has 1 aromatic heterocycles. The number of ether oxygens (including phenoxy) is 1. The molecule has 1 heterocycles. The molecule has 3 rings (SSSR count). The Morgan fingerprint density at radius 2 is 1.73 bits per heavy atom. The van der Waals surface area contributed by atoms with Crippen LogP contribution in [-0.2, 0) is 21.5 Å². The van der Waals surface area contributed by atoms with Crippen LogP contribution in [0.2, 0.25) is 0 Å². The molecule has 134 valence electrons. The molecule has 0 saturated heterocycles. The second-order valence-corrected chi connectivity index (χ2v) is 6.43. The predicted octanol–water partition coefficient (Wildman–Crippen LogP) is 3.14. The average molecular weight is 351 g/mol. The lowest BCUT2D eigenvalue weighted by Crippen LogP contribution is -2.35. The van der Waals surface area contributed by atoms with Gasteiger partial charge >= 0.3 is 5.97 Å². The van der Waals surface area contributed by atoms with Gasteiger partial charge in [0.1, 0.15) is 0 Å². The Labute approximate surface area is 152 Å². The lowest BCUT2D eigenvalue weighted by molar-refractivity contribution is -0.145. The highest BCUT2D eigenvalue weighted by molar-refractivity contribution is 5.66. The SMILES string of the molecule is CC(=O)O[C@H](c1ccccc1)c1nnc([C@](C)(N)Cc2ccccc2)o1. The molecule has 0 unspecified atom stereocenters. The summed E-state index contributed by atoms with van der Waals surface area (Å²) in [6.45, 7) is 3.18. The van der Waals surface area contributed by atoms with Crippen LogP contribution in [0.1, 0.15) is 42.9 Å². The normalized spacial score (nSPS) is 14.4. The van der Waals surface area contributed by atoms with Crippen molar-refractivity contribution >= 4 is 5.97 Å². The number of benzene rings is 2. The van der Waals surface area contributed by atoms with Crippen LogP contribution in [0.4, 0.5) is 0 Å². The standard InChI is InChI=1S/C20H21N3O3/c1-14(24)25-17(16-11-7-4-8-12-16)18-22-23-19(26-18)20(2,21)13-15-9-5-3-6-10-15/h3-12,17H,13,21H2,1-2H3/t17-,20-/m1/s1. The number of nitrogens with zero attached hydrogens (tertiary/aromatic N) is 2. The summed E-state index contributed by atoms with van der Waals surface area (Å²) in [5, 5.41) is 8.18. The third kappa shape index (κ3) is 4.15. The molecular formula is C20H21N3O3. The molecule has 6 heteroatoms. The summed E-state index contributed by atoms with van der Waals surface area (Å²) in [5.41, 5.74) is 7.39. The third-order valence-corrected chi connectivity index (χ3v) is 3.95. The van der Waals surface area contributed by atoms with E-state index in [0.29, 0.717) is 12.3 Å². The monoisotopic (exact) mass is 351 g/mol. The zero-order chi connectivity index (χ0) is 18.6. The molecule has 0 fully saturated rings. The van der Waals surface area contributed by atoms with Crippen molar-refractivity contribution in [1.82, 2.24) is 10.2 Å². The van der Waals surface area contributed by atoms with Crippen molar-refractivity contribution < 1.29 is 13.9 Å². The number of carbonyl (C=O) groups excluding carboxylic acids is 1. The van der Waals surface area contributed by atoms with Crippen molar-refractivity contribution in [3.8, 4) is 0 Å². The maximum atomic E-state index is 11.5. The van der Waals surface area contributed by atoms with Gasteiger partial charge in [-0.25, -0.2) is 0 Å². The Morgan fingerprint density at radius 3 is 2.35 bits per heavy atom. The van der Waals surface area contributed by atoms with E-state index in [-0.39, 0.29) is 5.89 Å². The van der Waals surface area contributed by atoms with Gasteiger partial charge in [0, 0.05) is 12.5 Å². The quantitative estimate of drug-likeness (QED) is 0.686. The van der Waals surface area contributed by atoms with Crippen molar-refractivity contribution in [2.24, 2.45) is 5.73 Å². The van der Waals surface area contributed by atoms with E-state index in [1.54, 1.807) is 0 Å². The lowest BCUT2D eigenvalue weighted by atomic mass is 9.94. The minimum Gasteiger partial charge on any atom is -0.447 e. The fourth-order valence-corrected chi connectivity index (χ4v) is 2.72. The molecular weight excluding hydrogens is 330 g/mol. The molecule has 0 radical (unpaired) electrons. The summed E-state index contributed by atoms with van der Waals surface area (Å²) < 4.78 is 11.2. The minimum absolute atomic E-state index is 0.200. The van der Waals surface area contributed by atoms with Gasteiger partial charge in [-0.15, -0.1) is 10.2 Å². The fourth-order valence-electron chi connectivity index (χ4n) is 2.72. The van der Waals surface area contributed by atoms with Crippen molar-refractivity contribution in [2.45, 2.75) is 31.9 Å². The first-order chi connectivity index (χ1) is 12.5. The molecule has 0 bridgehead atoms. The van der Waals surface area contributed by atoms with E-state index >= 15 is 0 Å². The van der Waals surface area contributed by atoms with Crippen LogP contribution in [0.5, 0.6) is 0 Å². The maximum absolute atomic E-state index is 11.5. The number of esters is 1. The zero-order valence-corrected chi connectivity index (χ0v) is 14.8. The summed E-state index contributed by atoms with van der Waals surface area (Å²) in [5.74, 6) is 0.0639. The van der Waals surface area contributed by atoms with Crippen molar-refractivity contribution in [2.75, 3.05) is 0 Å². The van der Waals surface area contributed by atoms with Crippen LogP contribution in [0.15, 0.2) is 65.1 Å². The second kappa shape index (κ2) is 7.49. The first-order valence-electron chi connectivity index (χ1n) is 8.34. The van der Waals surface area contributed by atoms with Gasteiger partial charge in [-0.2, -0.15) is 0 Å². The maximum Gasteiger partial charge on any atom is 0.303 e. The Bertz CT molecular complexity index is 860. The molecule has 0 aliphatic carbocycles. The zero-order valence-electron chi connectivity index (χ0n) is 14.8. The number of rotatable bonds is 6. The molecule has 6 nitrogen and oxygen atoms in total. The van der Waals surface area contributed by atoms with E-state index in [9.17, 15) is 4.79 Å². The van der Waals surface area contributed by atoms with E-state index in [0.717, 1.165) is 11.1 Å². The van der Waals surface area contributed by atoms with Gasteiger partial charge in [0.25, 0.3) is 5.89 Å². The van der Waals surface area contributed by atoms with Gasteiger partial charge in [0.2, 0.25) is 12.0 Å². The predicted molar refractivity (Wildman–Crippen MR) is 96.0 cm³/mol. The largest absolute Gasteiger partial charge is 0.447 e. The smallest absolute Gasteiger partial charge is 0.303 e. The highest BCUT2D eigenvalue weighted by atomic mass is 16.6. The molecule has 2 aromatic carbocycles. The number of carbonyl (C=O) groups is 1. The minimum atomic E-state index is -0.843. The molecule has 2 N–H and O–H groups in total. The van der Waals surface area contributed by atoms with Crippen molar-refractivity contribution in [3.05, 3.63) is 83.6 Å². The Kier molecular flexibility index (Phi) is 5.14. The highest BCUT2D eigenvalue weighted by Crippen LogP contribution is 2.28. The fraction of sp³-hybridized carbons (Fsp3) is 0.250. The van der Waals surface area contributed by atoms with E-state index in [2.05, 4.69) is 10.2 Å². The average Bonchev–Trinajstić information content (AvgIpc) is 3.12. The first-order valence-corrected chi connectivity index (χ1v) is 8.34. The van der Waals surface area contributed by atoms with Crippen molar-refractivity contribution in [1.29, 1.82) is 0 Å². The lowest BCUT2D eigenvalue weighted by Gasteiger charge is -2.20. The van der Waals surface area contributed by atoms with E-state index < -0.39 is 17.6 Å². The van der Waals surface area contributed by atoms with Gasteiger partial charge in [0.15, 0.2) is 0 Å². The summed E-state index contributed by atoms with van der Waals surface area (Å²) in [6, 6.07) is 19.1. The number of hydrogen-bond acceptors (Lipinski definition) is 6. The molecule has 2 atom stereocenters. The topological polar surface area (TPSA) is 91.2 Å². The van der Waals surface area contributed by atoms with Crippen LogP contribution in [0, 0.1) is 0 Å². The van der Waals surface area contributed by atoms with Crippen LogP contribution < -0.4 is 5.73 Å². The van der Waals surface area contributed by atoms with Gasteiger partial charge in [-0.05, 0) is 18.9 Å². The molecule has 3 aromatic rings. The first kappa shape index (κ1) is 17.8. The van der Waals surface area contributed by atoms with E-state index in [4.69, 9.17) is 14.9 Å². The third-order valence-electron chi connectivity index (χ3n) is 3.95. The Hall–Kier alpha value is -2.99. The molecule has 0 aliphatic heterocycles. The Morgan fingerprint density at radius 1 is 1.12 bits per heavy atom. The summed E-state index contributed by atoms with van der Waals surface area (Å²) in [6.07, 6.45) is -0.221. The van der Waals surface area contributed by atoms with Crippen LogP contribution >= 0.6 is 0 Å². The molecule has 0 spiro atoms. The summed E-state index contributed by atoms with van der Waals surface area (Å²) >= 11 is 0. The van der Waals surface area contributed by atoms with Gasteiger partial charge in [-0.3, -0.25) is 4.79 Å². The van der Waals surface area contributed by atoms with Crippen molar-refractivity contribution in [3.63, 3.8) is 0 Å².